The highest BCUT2D eigenvalue weighted by atomic mass is 32.1. The molecule has 3 heteroatoms. The van der Waals surface area contributed by atoms with Gasteiger partial charge in [-0.2, -0.15) is 0 Å². The number of carbonyl (C=O) groups is 1. The average Bonchev–Trinajstić information content (AvgIpc) is 2.83. The number of benzene rings is 1. The molecule has 0 radical (unpaired) electrons. The summed E-state index contributed by atoms with van der Waals surface area (Å²) in [6.07, 6.45) is 1.03. The quantitative estimate of drug-likeness (QED) is 0.578. The van der Waals surface area contributed by atoms with Crippen LogP contribution in [0.2, 0.25) is 0 Å². The number of allylic oxidation sites excluding steroid dienone is 1. The van der Waals surface area contributed by atoms with Crippen molar-refractivity contribution in [3.8, 4) is 0 Å². The van der Waals surface area contributed by atoms with Gasteiger partial charge < -0.3 is 0 Å². The van der Waals surface area contributed by atoms with Crippen LogP contribution in [-0.4, -0.2) is 5.78 Å². The number of thiophene rings is 1. The van der Waals surface area contributed by atoms with Crippen LogP contribution >= 0.6 is 11.3 Å². The maximum Gasteiger partial charge on any atom is 0.198 e. The Morgan fingerprint density at radius 3 is 2.50 bits per heavy atom. The predicted octanol–water partition coefficient (Wildman–Crippen LogP) is 3.94. The lowest BCUT2D eigenvalue weighted by Crippen LogP contribution is -1.91. The van der Waals surface area contributed by atoms with Crippen molar-refractivity contribution < 1.29 is 9.18 Å². The van der Waals surface area contributed by atoms with Gasteiger partial charge in [-0.05, 0) is 11.4 Å². The maximum atomic E-state index is 13.6. The Morgan fingerprint density at radius 2 is 1.88 bits per heavy atom. The SMILES string of the molecule is O=C(/C=C(\F)c1ccccc1)c1cccs1. The molecule has 0 spiro atoms. The Kier molecular flexibility index (Phi) is 3.27. The van der Waals surface area contributed by atoms with Gasteiger partial charge in [0.25, 0.3) is 0 Å². The van der Waals surface area contributed by atoms with E-state index >= 15 is 0 Å². The molecule has 2 rings (SSSR count). The summed E-state index contributed by atoms with van der Waals surface area (Å²) in [7, 11) is 0. The summed E-state index contributed by atoms with van der Waals surface area (Å²) in [6.45, 7) is 0. The van der Waals surface area contributed by atoms with Gasteiger partial charge in [0.15, 0.2) is 5.78 Å². The van der Waals surface area contributed by atoms with Gasteiger partial charge in [-0.1, -0.05) is 36.4 Å². The molecule has 0 bridgehead atoms. The second-order valence-electron chi connectivity index (χ2n) is 3.20. The van der Waals surface area contributed by atoms with Crippen molar-refractivity contribution in [2.24, 2.45) is 0 Å². The molecule has 0 saturated heterocycles. The standard InChI is InChI=1S/C13H9FOS/c14-11(10-5-2-1-3-6-10)9-12(15)13-7-4-8-16-13/h1-9H/b11-9-. The molecule has 1 aromatic heterocycles. The van der Waals surface area contributed by atoms with Crippen molar-refractivity contribution >= 4 is 22.9 Å². The van der Waals surface area contributed by atoms with Crippen LogP contribution in [-0.2, 0) is 0 Å². The molecule has 1 aromatic carbocycles. The van der Waals surface area contributed by atoms with E-state index in [1.807, 2.05) is 0 Å². The summed E-state index contributed by atoms with van der Waals surface area (Å²) in [4.78, 5) is 12.1. The molecule has 0 saturated carbocycles. The van der Waals surface area contributed by atoms with Crippen LogP contribution in [0.4, 0.5) is 4.39 Å². The minimum absolute atomic E-state index is 0.295. The summed E-state index contributed by atoms with van der Waals surface area (Å²) in [5, 5.41) is 1.79. The molecule has 0 atom stereocenters. The first-order chi connectivity index (χ1) is 7.77. The molecular formula is C13H9FOS. The van der Waals surface area contributed by atoms with Gasteiger partial charge in [0.2, 0.25) is 0 Å². The van der Waals surface area contributed by atoms with E-state index < -0.39 is 5.83 Å². The van der Waals surface area contributed by atoms with Crippen molar-refractivity contribution in [1.29, 1.82) is 0 Å². The maximum absolute atomic E-state index is 13.6. The van der Waals surface area contributed by atoms with Crippen molar-refractivity contribution in [3.63, 3.8) is 0 Å². The molecule has 0 unspecified atom stereocenters. The summed E-state index contributed by atoms with van der Waals surface area (Å²) in [6, 6.07) is 12.0. The Labute approximate surface area is 96.9 Å². The van der Waals surface area contributed by atoms with Crippen LogP contribution in [0.15, 0.2) is 53.9 Å². The highest BCUT2D eigenvalue weighted by Crippen LogP contribution is 2.18. The Morgan fingerprint density at radius 1 is 1.12 bits per heavy atom. The zero-order chi connectivity index (χ0) is 11.4. The Hall–Kier alpha value is -1.74. The largest absolute Gasteiger partial charge is 0.288 e. The smallest absolute Gasteiger partial charge is 0.198 e. The van der Waals surface area contributed by atoms with Gasteiger partial charge in [-0.3, -0.25) is 4.79 Å². The Balaban J connectivity index is 2.23. The molecule has 16 heavy (non-hydrogen) atoms. The Bertz CT molecular complexity index is 500. The van der Waals surface area contributed by atoms with Gasteiger partial charge >= 0.3 is 0 Å². The van der Waals surface area contributed by atoms with Crippen LogP contribution in [0.3, 0.4) is 0 Å². The molecular weight excluding hydrogens is 223 g/mol. The monoisotopic (exact) mass is 232 g/mol. The first kappa shape index (κ1) is 10.8. The summed E-state index contributed by atoms with van der Waals surface area (Å²) in [5.41, 5.74) is 0.424. The first-order valence-corrected chi connectivity index (χ1v) is 5.66. The molecule has 0 aliphatic heterocycles. The van der Waals surface area contributed by atoms with Gasteiger partial charge in [-0.15, -0.1) is 11.3 Å². The number of carbonyl (C=O) groups excluding carboxylic acids is 1. The molecule has 80 valence electrons. The van der Waals surface area contributed by atoms with Gasteiger partial charge in [-0.25, -0.2) is 4.39 Å². The average molecular weight is 232 g/mol. The predicted molar refractivity (Wildman–Crippen MR) is 64.2 cm³/mol. The fraction of sp³-hybridized carbons (Fsp3) is 0. The van der Waals surface area contributed by atoms with Gasteiger partial charge in [0.05, 0.1) is 4.88 Å². The van der Waals surface area contributed by atoms with E-state index in [1.165, 1.54) is 11.3 Å². The van der Waals surface area contributed by atoms with Crippen molar-refractivity contribution in [1.82, 2.24) is 0 Å². The third-order valence-electron chi connectivity index (χ3n) is 2.07. The van der Waals surface area contributed by atoms with Crippen LogP contribution in [0.5, 0.6) is 0 Å². The minimum Gasteiger partial charge on any atom is -0.288 e. The van der Waals surface area contributed by atoms with Crippen LogP contribution in [0.25, 0.3) is 5.83 Å². The normalized spacial score (nSPS) is 11.4. The lowest BCUT2D eigenvalue weighted by Gasteiger charge is -1.96. The van der Waals surface area contributed by atoms with Gasteiger partial charge in [0, 0.05) is 11.6 Å². The van der Waals surface area contributed by atoms with E-state index in [4.69, 9.17) is 0 Å². The summed E-state index contributed by atoms with van der Waals surface area (Å²) >= 11 is 1.31. The lowest BCUT2D eigenvalue weighted by atomic mass is 10.1. The molecule has 1 heterocycles. The third-order valence-corrected chi connectivity index (χ3v) is 2.96. The van der Waals surface area contributed by atoms with Crippen LogP contribution < -0.4 is 0 Å². The highest BCUT2D eigenvalue weighted by Gasteiger charge is 2.06. The third kappa shape index (κ3) is 2.44. The van der Waals surface area contributed by atoms with Crippen LogP contribution in [0, 0.1) is 0 Å². The fourth-order valence-electron chi connectivity index (χ4n) is 1.29. The van der Waals surface area contributed by atoms with Crippen molar-refractivity contribution in [3.05, 3.63) is 64.4 Å². The molecule has 0 fully saturated rings. The molecule has 0 N–H and O–H groups in total. The number of hydrogen-bond acceptors (Lipinski definition) is 2. The van der Waals surface area contributed by atoms with E-state index in [2.05, 4.69) is 0 Å². The fourth-order valence-corrected chi connectivity index (χ4v) is 1.92. The van der Waals surface area contributed by atoms with Crippen molar-refractivity contribution in [2.45, 2.75) is 0 Å². The molecule has 0 aliphatic rings. The zero-order valence-electron chi connectivity index (χ0n) is 8.39. The molecule has 2 aromatic rings. The number of halogens is 1. The second kappa shape index (κ2) is 4.86. The van der Waals surface area contributed by atoms with E-state index in [1.54, 1.807) is 47.8 Å². The van der Waals surface area contributed by atoms with E-state index in [0.29, 0.717) is 10.4 Å². The molecule has 0 aliphatic carbocycles. The number of rotatable bonds is 3. The molecule has 0 amide bonds. The second-order valence-corrected chi connectivity index (χ2v) is 4.15. The highest BCUT2D eigenvalue weighted by molar-refractivity contribution is 7.12. The van der Waals surface area contributed by atoms with Gasteiger partial charge in [0.1, 0.15) is 5.83 Å². The minimum atomic E-state index is -0.501. The number of hydrogen-bond donors (Lipinski definition) is 0. The van der Waals surface area contributed by atoms with E-state index in [0.717, 1.165) is 6.08 Å². The molecule has 1 nitrogen and oxygen atoms in total. The zero-order valence-corrected chi connectivity index (χ0v) is 9.21. The van der Waals surface area contributed by atoms with Crippen LogP contribution in [0.1, 0.15) is 15.2 Å². The topological polar surface area (TPSA) is 17.1 Å². The van der Waals surface area contributed by atoms with Crippen molar-refractivity contribution in [2.75, 3.05) is 0 Å². The summed E-state index contributed by atoms with van der Waals surface area (Å²) < 4.78 is 13.6. The van der Waals surface area contributed by atoms with E-state index in [9.17, 15) is 9.18 Å². The van der Waals surface area contributed by atoms with E-state index in [-0.39, 0.29) is 5.78 Å². The summed E-state index contributed by atoms with van der Waals surface area (Å²) in [5.74, 6) is -0.796. The first-order valence-electron chi connectivity index (χ1n) is 4.78. The number of ketones is 1. The lowest BCUT2D eigenvalue weighted by molar-refractivity contribution is 0.105.